The number of morpholine rings is 1. The third-order valence-electron chi connectivity index (χ3n) is 3.48. The van der Waals surface area contributed by atoms with Crippen LogP contribution in [0.25, 0.3) is 0 Å². The number of carbonyl (C=O) groups is 1. The van der Waals surface area contributed by atoms with Crippen LogP contribution in [0.15, 0.2) is 41.7 Å². The molecule has 0 atom stereocenters. The Hall–Kier alpha value is -1.63. The Kier molecular flexibility index (Phi) is 5.48. The molecule has 3 rings (SSSR count). The van der Waals surface area contributed by atoms with Gasteiger partial charge in [-0.25, -0.2) is 9.97 Å². The number of carbonyl (C=O) groups excluding carboxylic acids is 1. The van der Waals surface area contributed by atoms with E-state index in [-0.39, 0.29) is 5.78 Å². The Labute approximate surface area is 144 Å². The molecule has 1 aliphatic heterocycles. The van der Waals surface area contributed by atoms with Gasteiger partial charge in [0.2, 0.25) is 0 Å². The van der Waals surface area contributed by atoms with Crippen LogP contribution >= 0.6 is 23.4 Å². The number of thioether (sulfide) groups is 1. The average Bonchev–Trinajstić information content (AvgIpc) is 2.61. The van der Waals surface area contributed by atoms with Crippen LogP contribution < -0.4 is 4.90 Å². The molecule has 0 amide bonds. The zero-order valence-electron chi connectivity index (χ0n) is 12.4. The maximum absolute atomic E-state index is 12.2. The molecule has 0 N–H and O–H groups in total. The summed E-state index contributed by atoms with van der Waals surface area (Å²) >= 11 is 7.25. The second kappa shape index (κ2) is 7.77. The van der Waals surface area contributed by atoms with Crippen molar-refractivity contribution in [3.05, 3.63) is 47.2 Å². The van der Waals surface area contributed by atoms with Crippen molar-refractivity contribution in [1.82, 2.24) is 9.97 Å². The molecule has 120 valence electrons. The lowest BCUT2D eigenvalue weighted by Gasteiger charge is -2.27. The highest BCUT2D eigenvalue weighted by atomic mass is 35.5. The van der Waals surface area contributed by atoms with E-state index in [1.54, 1.807) is 30.6 Å². The van der Waals surface area contributed by atoms with Crippen molar-refractivity contribution < 1.29 is 9.53 Å². The molecule has 1 saturated heterocycles. The quantitative estimate of drug-likeness (QED) is 0.470. The van der Waals surface area contributed by atoms with Crippen LogP contribution in [0, 0.1) is 0 Å². The number of ketones is 1. The average molecular weight is 350 g/mol. The second-order valence-corrected chi connectivity index (χ2v) is 6.46. The maximum Gasteiger partial charge on any atom is 0.173 e. The summed E-state index contributed by atoms with van der Waals surface area (Å²) in [5.41, 5.74) is 0.657. The zero-order chi connectivity index (χ0) is 16.1. The summed E-state index contributed by atoms with van der Waals surface area (Å²) in [4.78, 5) is 22.9. The summed E-state index contributed by atoms with van der Waals surface area (Å²) in [5.74, 6) is 1.27. The van der Waals surface area contributed by atoms with Gasteiger partial charge in [0.15, 0.2) is 5.78 Å². The van der Waals surface area contributed by atoms with Gasteiger partial charge < -0.3 is 9.64 Å². The zero-order valence-corrected chi connectivity index (χ0v) is 14.0. The number of Topliss-reactive ketones (excluding diaryl/α,β-unsaturated/α-hetero) is 1. The molecule has 2 heterocycles. The summed E-state index contributed by atoms with van der Waals surface area (Å²) in [6.45, 7) is 3.07. The number of rotatable bonds is 5. The number of anilines is 1. The van der Waals surface area contributed by atoms with Gasteiger partial charge in [0.05, 0.1) is 19.0 Å². The molecular weight excluding hydrogens is 334 g/mol. The van der Waals surface area contributed by atoms with Crippen LogP contribution in [-0.2, 0) is 4.74 Å². The number of halogens is 1. The molecule has 0 unspecified atom stereocenters. The molecule has 1 aromatic heterocycles. The van der Waals surface area contributed by atoms with Gasteiger partial charge in [0, 0.05) is 29.7 Å². The van der Waals surface area contributed by atoms with Gasteiger partial charge in [-0.15, -0.1) is 0 Å². The monoisotopic (exact) mass is 349 g/mol. The molecule has 5 nitrogen and oxygen atoms in total. The number of hydrogen-bond donors (Lipinski definition) is 0. The summed E-state index contributed by atoms with van der Waals surface area (Å²) in [7, 11) is 0. The molecule has 0 spiro atoms. The molecule has 1 fully saturated rings. The molecule has 0 bridgehead atoms. The number of aromatic nitrogens is 2. The van der Waals surface area contributed by atoms with Crippen LogP contribution in [0.4, 0.5) is 5.82 Å². The normalized spacial score (nSPS) is 14.7. The largest absolute Gasteiger partial charge is 0.378 e. The Balaban J connectivity index is 1.61. The lowest BCUT2D eigenvalue weighted by Crippen LogP contribution is -2.36. The molecule has 7 heteroatoms. The Morgan fingerprint density at radius 1 is 1.22 bits per heavy atom. The SMILES string of the molecule is O=C(CSc1cc(N2CCOCC2)ncn1)c1ccc(Cl)cc1. The van der Waals surface area contributed by atoms with E-state index in [1.807, 2.05) is 6.07 Å². The lowest BCUT2D eigenvalue weighted by molar-refractivity contribution is 0.102. The Bertz CT molecular complexity index is 675. The highest BCUT2D eigenvalue weighted by molar-refractivity contribution is 7.99. The predicted molar refractivity (Wildman–Crippen MR) is 91.6 cm³/mol. The van der Waals surface area contributed by atoms with Gasteiger partial charge in [-0.1, -0.05) is 23.4 Å². The standard InChI is InChI=1S/C16H16ClN3O2S/c17-13-3-1-12(2-4-13)14(21)10-23-16-9-15(18-11-19-16)20-5-7-22-8-6-20/h1-4,9,11H,5-8,10H2. The van der Waals surface area contributed by atoms with Crippen molar-refractivity contribution in [2.24, 2.45) is 0 Å². The molecule has 2 aromatic rings. The Morgan fingerprint density at radius 2 is 1.96 bits per heavy atom. The first-order chi connectivity index (χ1) is 11.2. The Morgan fingerprint density at radius 3 is 2.70 bits per heavy atom. The van der Waals surface area contributed by atoms with Crippen molar-refractivity contribution >= 4 is 35.0 Å². The van der Waals surface area contributed by atoms with Crippen molar-refractivity contribution in [3.8, 4) is 0 Å². The molecule has 0 aliphatic carbocycles. The van der Waals surface area contributed by atoms with E-state index in [0.717, 1.165) is 23.9 Å². The van der Waals surface area contributed by atoms with E-state index in [0.29, 0.717) is 29.6 Å². The molecular formula is C16H16ClN3O2S. The number of nitrogens with zero attached hydrogens (tertiary/aromatic N) is 3. The van der Waals surface area contributed by atoms with E-state index >= 15 is 0 Å². The minimum absolute atomic E-state index is 0.0539. The molecule has 23 heavy (non-hydrogen) atoms. The third kappa shape index (κ3) is 4.43. The maximum atomic E-state index is 12.2. The molecule has 0 saturated carbocycles. The molecule has 1 aromatic carbocycles. The van der Waals surface area contributed by atoms with E-state index in [9.17, 15) is 4.79 Å². The first-order valence-corrected chi connectivity index (χ1v) is 8.65. The van der Waals surface area contributed by atoms with E-state index in [2.05, 4.69) is 14.9 Å². The third-order valence-corrected chi connectivity index (χ3v) is 4.66. The van der Waals surface area contributed by atoms with Gasteiger partial charge in [-0.05, 0) is 24.3 Å². The number of hydrogen-bond acceptors (Lipinski definition) is 6. The molecule has 1 aliphatic rings. The number of ether oxygens (including phenoxy) is 1. The fourth-order valence-electron chi connectivity index (χ4n) is 2.23. The van der Waals surface area contributed by atoms with E-state index in [1.165, 1.54) is 11.8 Å². The first-order valence-electron chi connectivity index (χ1n) is 7.29. The van der Waals surface area contributed by atoms with Crippen LogP contribution in [0.5, 0.6) is 0 Å². The van der Waals surface area contributed by atoms with Crippen molar-refractivity contribution in [3.63, 3.8) is 0 Å². The van der Waals surface area contributed by atoms with Crippen molar-refractivity contribution in [2.75, 3.05) is 37.0 Å². The van der Waals surface area contributed by atoms with Crippen LogP contribution in [0.3, 0.4) is 0 Å². The minimum Gasteiger partial charge on any atom is -0.378 e. The number of benzene rings is 1. The topological polar surface area (TPSA) is 55.3 Å². The summed E-state index contributed by atoms with van der Waals surface area (Å²) < 4.78 is 5.34. The van der Waals surface area contributed by atoms with Gasteiger partial charge in [-0.3, -0.25) is 4.79 Å². The van der Waals surface area contributed by atoms with Crippen LogP contribution in [-0.4, -0.2) is 47.8 Å². The van der Waals surface area contributed by atoms with Gasteiger partial charge in [0.1, 0.15) is 17.2 Å². The van der Waals surface area contributed by atoms with Crippen molar-refractivity contribution in [1.29, 1.82) is 0 Å². The van der Waals surface area contributed by atoms with Crippen LogP contribution in [0.2, 0.25) is 5.02 Å². The van der Waals surface area contributed by atoms with Gasteiger partial charge in [-0.2, -0.15) is 0 Å². The molecule has 0 radical (unpaired) electrons. The minimum atomic E-state index is 0.0539. The van der Waals surface area contributed by atoms with E-state index in [4.69, 9.17) is 16.3 Å². The first kappa shape index (κ1) is 16.2. The highest BCUT2D eigenvalue weighted by Crippen LogP contribution is 2.21. The summed E-state index contributed by atoms with van der Waals surface area (Å²) in [6, 6.07) is 8.85. The van der Waals surface area contributed by atoms with Gasteiger partial charge in [0.25, 0.3) is 0 Å². The fourth-order valence-corrected chi connectivity index (χ4v) is 3.11. The second-order valence-electron chi connectivity index (χ2n) is 5.03. The fraction of sp³-hybridized carbons (Fsp3) is 0.312. The van der Waals surface area contributed by atoms with E-state index < -0.39 is 0 Å². The summed E-state index contributed by atoms with van der Waals surface area (Å²) in [6.07, 6.45) is 1.54. The predicted octanol–water partition coefficient (Wildman–Crippen LogP) is 2.94. The highest BCUT2D eigenvalue weighted by Gasteiger charge is 2.14. The van der Waals surface area contributed by atoms with Gasteiger partial charge >= 0.3 is 0 Å². The lowest BCUT2D eigenvalue weighted by atomic mass is 10.1. The van der Waals surface area contributed by atoms with Crippen molar-refractivity contribution in [2.45, 2.75) is 5.03 Å². The smallest absolute Gasteiger partial charge is 0.173 e. The van der Waals surface area contributed by atoms with Crippen LogP contribution in [0.1, 0.15) is 10.4 Å². The summed E-state index contributed by atoms with van der Waals surface area (Å²) in [5, 5.41) is 1.42.